The second-order valence-corrected chi connectivity index (χ2v) is 5.43. The maximum atomic E-state index is 5.47. The van der Waals surface area contributed by atoms with Gasteiger partial charge in [0.2, 0.25) is 0 Å². The van der Waals surface area contributed by atoms with Crippen LogP contribution in [-0.2, 0) is 4.74 Å². The summed E-state index contributed by atoms with van der Waals surface area (Å²) in [7, 11) is 1.80. The van der Waals surface area contributed by atoms with Gasteiger partial charge in [-0.3, -0.25) is 0 Å². The molecule has 1 heterocycles. The van der Waals surface area contributed by atoms with Crippen molar-refractivity contribution in [3.05, 3.63) is 0 Å². The highest BCUT2D eigenvalue weighted by Crippen LogP contribution is 2.14. The molecule has 0 aliphatic carbocycles. The van der Waals surface area contributed by atoms with Crippen LogP contribution in [-0.4, -0.2) is 49.8 Å². The Balaban J connectivity index is 2.34. The lowest BCUT2D eigenvalue weighted by molar-refractivity contribution is 0.00731. The van der Waals surface area contributed by atoms with Crippen molar-refractivity contribution < 1.29 is 4.74 Å². The predicted octanol–water partition coefficient (Wildman–Crippen LogP) is 1.88. The Labute approximate surface area is 101 Å². The first-order chi connectivity index (χ1) is 7.57. The Morgan fingerprint density at radius 3 is 2.81 bits per heavy atom. The second-order valence-electron chi connectivity index (χ2n) is 5.43. The van der Waals surface area contributed by atoms with E-state index in [4.69, 9.17) is 4.74 Å². The third-order valence-corrected chi connectivity index (χ3v) is 3.64. The topological polar surface area (TPSA) is 24.5 Å². The van der Waals surface area contributed by atoms with Gasteiger partial charge in [-0.15, -0.1) is 0 Å². The average molecular weight is 228 g/mol. The van der Waals surface area contributed by atoms with E-state index in [-0.39, 0.29) is 5.60 Å². The predicted molar refractivity (Wildman–Crippen MR) is 68.8 cm³/mol. The molecule has 0 aromatic heterocycles. The lowest BCUT2D eigenvalue weighted by Gasteiger charge is -2.29. The minimum atomic E-state index is 0.0153. The maximum absolute atomic E-state index is 5.47. The van der Waals surface area contributed by atoms with Crippen molar-refractivity contribution in [1.82, 2.24) is 10.2 Å². The highest BCUT2D eigenvalue weighted by Gasteiger charge is 2.20. The number of nitrogens with one attached hydrogen (secondary N) is 1. The van der Waals surface area contributed by atoms with Gasteiger partial charge in [-0.05, 0) is 46.2 Å². The molecule has 1 atom stereocenters. The lowest BCUT2D eigenvalue weighted by atomic mass is 10.0. The van der Waals surface area contributed by atoms with Gasteiger partial charge in [-0.25, -0.2) is 0 Å². The van der Waals surface area contributed by atoms with E-state index in [9.17, 15) is 0 Å². The maximum Gasteiger partial charge on any atom is 0.0634 e. The Morgan fingerprint density at radius 1 is 1.44 bits per heavy atom. The number of hydrogen-bond acceptors (Lipinski definition) is 3. The number of hydrogen-bond donors (Lipinski definition) is 1. The van der Waals surface area contributed by atoms with E-state index in [2.05, 4.69) is 31.0 Å². The Morgan fingerprint density at radius 2 is 2.19 bits per heavy atom. The third kappa shape index (κ3) is 4.81. The average Bonchev–Trinajstić information content (AvgIpc) is 2.51. The molecule has 16 heavy (non-hydrogen) atoms. The Hall–Kier alpha value is -0.120. The summed E-state index contributed by atoms with van der Waals surface area (Å²) in [4.78, 5) is 2.58. The van der Waals surface area contributed by atoms with Crippen LogP contribution in [0.3, 0.4) is 0 Å². The smallest absolute Gasteiger partial charge is 0.0634 e. The van der Waals surface area contributed by atoms with Crippen LogP contribution in [0.2, 0.25) is 0 Å². The van der Waals surface area contributed by atoms with Crippen molar-refractivity contribution in [1.29, 1.82) is 0 Å². The van der Waals surface area contributed by atoms with Crippen molar-refractivity contribution in [3.63, 3.8) is 0 Å². The van der Waals surface area contributed by atoms with Crippen molar-refractivity contribution in [2.24, 2.45) is 0 Å². The van der Waals surface area contributed by atoms with Gasteiger partial charge >= 0.3 is 0 Å². The molecular weight excluding hydrogens is 200 g/mol. The van der Waals surface area contributed by atoms with Crippen LogP contribution < -0.4 is 5.32 Å². The number of ether oxygens (including phenoxy) is 1. The summed E-state index contributed by atoms with van der Waals surface area (Å²) in [6.45, 7) is 11.3. The van der Waals surface area contributed by atoms with Crippen LogP contribution in [0, 0.1) is 0 Å². The summed E-state index contributed by atoms with van der Waals surface area (Å²) < 4.78 is 5.47. The van der Waals surface area contributed by atoms with Crippen molar-refractivity contribution >= 4 is 0 Å². The zero-order valence-electron chi connectivity index (χ0n) is 11.4. The van der Waals surface area contributed by atoms with E-state index in [0.29, 0.717) is 6.04 Å². The van der Waals surface area contributed by atoms with Crippen LogP contribution >= 0.6 is 0 Å². The molecule has 3 heteroatoms. The van der Waals surface area contributed by atoms with Gasteiger partial charge in [0.05, 0.1) is 5.60 Å². The van der Waals surface area contributed by atoms with Gasteiger partial charge in [-0.2, -0.15) is 0 Å². The molecule has 1 saturated heterocycles. The third-order valence-electron chi connectivity index (χ3n) is 3.64. The molecule has 1 fully saturated rings. The van der Waals surface area contributed by atoms with Gasteiger partial charge in [0.25, 0.3) is 0 Å². The quantitative estimate of drug-likeness (QED) is 0.777. The van der Waals surface area contributed by atoms with E-state index in [1.807, 2.05) is 0 Å². The molecule has 0 spiro atoms. The summed E-state index contributed by atoms with van der Waals surface area (Å²) in [5.74, 6) is 0. The first-order valence-electron chi connectivity index (χ1n) is 6.58. The SMILES string of the molecule is CCC1CN(CCC(C)(C)OC)CCCN1. The van der Waals surface area contributed by atoms with Crippen LogP contribution in [0.15, 0.2) is 0 Å². The fourth-order valence-corrected chi connectivity index (χ4v) is 2.08. The lowest BCUT2D eigenvalue weighted by Crippen LogP contribution is -2.39. The standard InChI is InChI=1S/C13H28N2O/c1-5-12-11-15(9-6-8-14-12)10-7-13(2,3)16-4/h12,14H,5-11H2,1-4H3. The first-order valence-corrected chi connectivity index (χ1v) is 6.58. The Bertz CT molecular complexity index is 194. The normalized spacial score (nSPS) is 24.4. The van der Waals surface area contributed by atoms with Gasteiger partial charge < -0.3 is 15.0 Å². The van der Waals surface area contributed by atoms with Crippen LogP contribution in [0.5, 0.6) is 0 Å². The van der Waals surface area contributed by atoms with E-state index in [1.54, 1.807) is 7.11 Å². The molecule has 3 nitrogen and oxygen atoms in total. The largest absolute Gasteiger partial charge is 0.379 e. The van der Waals surface area contributed by atoms with E-state index >= 15 is 0 Å². The van der Waals surface area contributed by atoms with Gasteiger partial charge in [0.15, 0.2) is 0 Å². The molecule has 0 aromatic carbocycles. The molecule has 0 aromatic rings. The molecule has 1 rings (SSSR count). The summed E-state index contributed by atoms with van der Waals surface area (Å²) >= 11 is 0. The zero-order valence-corrected chi connectivity index (χ0v) is 11.4. The molecule has 0 radical (unpaired) electrons. The summed E-state index contributed by atoms with van der Waals surface area (Å²) in [5, 5.41) is 3.60. The number of rotatable bonds is 5. The second kappa shape index (κ2) is 6.58. The fraction of sp³-hybridized carbons (Fsp3) is 1.00. The molecular formula is C13H28N2O. The minimum Gasteiger partial charge on any atom is -0.379 e. The summed E-state index contributed by atoms with van der Waals surface area (Å²) in [6, 6.07) is 0.674. The van der Waals surface area contributed by atoms with Crippen molar-refractivity contribution in [2.75, 3.05) is 33.3 Å². The van der Waals surface area contributed by atoms with Gasteiger partial charge in [0.1, 0.15) is 0 Å². The monoisotopic (exact) mass is 228 g/mol. The van der Waals surface area contributed by atoms with Crippen LogP contribution in [0.25, 0.3) is 0 Å². The first kappa shape index (κ1) is 13.9. The molecule has 1 aliphatic heterocycles. The van der Waals surface area contributed by atoms with Crippen LogP contribution in [0.1, 0.15) is 40.0 Å². The minimum absolute atomic E-state index is 0.0153. The Kier molecular flexibility index (Phi) is 5.73. The molecule has 1 unspecified atom stereocenters. The molecule has 0 amide bonds. The van der Waals surface area contributed by atoms with E-state index < -0.39 is 0 Å². The van der Waals surface area contributed by atoms with Crippen molar-refractivity contribution in [3.8, 4) is 0 Å². The number of methoxy groups -OCH3 is 1. The zero-order chi connectivity index (χ0) is 12.0. The fourth-order valence-electron chi connectivity index (χ4n) is 2.08. The molecule has 96 valence electrons. The molecule has 1 aliphatic rings. The number of nitrogens with zero attached hydrogens (tertiary/aromatic N) is 1. The molecule has 1 N–H and O–H groups in total. The van der Waals surface area contributed by atoms with Gasteiger partial charge in [0, 0.05) is 26.2 Å². The molecule has 0 bridgehead atoms. The van der Waals surface area contributed by atoms with Crippen molar-refractivity contribution in [2.45, 2.75) is 51.7 Å². The van der Waals surface area contributed by atoms with E-state index in [0.717, 1.165) is 13.0 Å². The highest BCUT2D eigenvalue weighted by molar-refractivity contribution is 4.77. The van der Waals surface area contributed by atoms with E-state index in [1.165, 1.54) is 32.5 Å². The van der Waals surface area contributed by atoms with Crippen LogP contribution in [0.4, 0.5) is 0 Å². The van der Waals surface area contributed by atoms with Gasteiger partial charge in [-0.1, -0.05) is 6.92 Å². The highest BCUT2D eigenvalue weighted by atomic mass is 16.5. The summed E-state index contributed by atoms with van der Waals surface area (Å²) in [6.07, 6.45) is 3.61. The summed E-state index contributed by atoms with van der Waals surface area (Å²) in [5.41, 5.74) is 0.0153. The molecule has 0 saturated carbocycles.